The van der Waals surface area contributed by atoms with Crippen LogP contribution in [0.15, 0.2) is 48.5 Å². The van der Waals surface area contributed by atoms with Crippen molar-refractivity contribution in [3.05, 3.63) is 65.2 Å². The highest BCUT2D eigenvalue weighted by Crippen LogP contribution is 2.31. The van der Waals surface area contributed by atoms with Crippen molar-refractivity contribution in [2.75, 3.05) is 13.2 Å². The summed E-state index contributed by atoms with van der Waals surface area (Å²) in [6, 6.07) is 11.0. The number of benzene rings is 2. The van der Waals surface area contributed by atoms with Crippen molar-refractivity contribution in [3.63, 3.8) is 0 Å². The number of urea groups is 1. The third kappa shape index (κ3) is 8.64. The minimum Gasteiger partial charge on any atom is -0.484 e. The summed E-state index contributed by atoms with van der Waals surface area (Å²) >= 11 is 0. The molecular weight excluding hydrogens is 417 g/mol. The molecule has 0 aliphatic rings. The van der Waals surface area contributed by atoms with Crippen LogP contribution in [-0.2, 0) is 22.3 Å². The number of carbonyl (C=O) groups is 3. The number of amides is 4. The largest absolute Gasteiger partial charge is 0.484 e. The van der Waals surface area contributed by atoms with Crippen LogP contribution in [-0.4, -0.2) is 31.0 Å². The SMILES string of the molecule is Cc1ccc(CNC(=O)NCC(=O)NNC(=O)COc2cccc(C(F)(F)F)c2)cc1. The predicted octanol–water partition coefficient (Wildman–Crippen LogP) is 2.04. The zero-order valence-corrected chi connectivity index (χ0v) is 16.5. The fourth-order valence-electron chi connectivity index (χ4n) is 2.24. The summed E-state index contributed by atoms with van der Waals surface area (Å²) in [5.74, 6) is -1.66. The van der Waals surface area contributed by atoms with Gasteiger partial charge in [0.25, 0.3) is 11.8 Å². The maximum absolute atomic E-state index is 12.6. The van der Waals surface area contributed by atoms with Crippen LogP contribution in [0.3, 0.4) is 0 Å². The van der Waals surface area contributed by atoms with Gasteiger partial charge in [-0.3, -0.25) is 20.4 Å². The Morgan fingerprint density at radius 3 is 2.29 bits per heavy atom. The molecule has 0 aromatic heterocycles. The predicted molar refractivity (Wildman–Crippen MR) is 105 cm³/mol. The Hall–Kier alpha value is -3.76. The Kier molecular flexibility index (Phi) is 8.24. The van der Waals surface area contributed by atoms with Gasteiger partial charge in [0.2, 0.25) is 0 Å². The zero-order valence-electron chi connectivity index (χ0n) is 16.5. The minimum absolute atomic E-state index is 0.150. The highest BCUT2D eigenvalue weighted by molar-refractivity contribution is 5.86. The van der Waals surface area contributed by atoms with Crippen molar-refractivity contribution in [1.29, 1.82) is 0 Å². The first-order chi connectivity index (χ1) is 14.6. The summed E-state index contributed by atoms with van der Waals surface area (Å²) in [4.78, 5) is 35.0. The van der Waals surface area contributed by atoms with E-state index >= 15 is 0 Å². The molecule has 0 spiro atoms. The molecule has 11 heteroatoms. The van der Waals surface area contributed by atoms with Crippen molar-refractivity contribution in [1.82, 2.24) is 21.5 Å². The second kappa shape index (κ2) is 10.9. The number of ether oxygens (including phenoxy) is 1. The number of halogens is 3. The van der Waals surface area contributed by atoms with Crippen molar-refractivity contribution in [2.24, 2.45) is 0 Å². The van der Waals surface area contributed by atoms with Crippen LogP contribution in [0.4, 0.5) is 18.0 Å². The third-order valence-corrected chi connectivity index (χ3v) is 3.86. The monoisotopic (exact) mass is 438 g/mol. The zero-order chi connectivity index (χ0) is 22.9. The first-order valence-electron chi connectivity index (χ1n) is 9.08. The van der Waals surface area contributed by atoms with E-state index in [-0.39, 0.29) is 12.3 Å². The van der Waals surface area contributed by atoms with Crippen LogP contribution in [0, 0.1) is 6.92 Å². The molecule has 2 aromatic carbocycles. The number of hydrogen-bond donors (Lipinski definition) is 4. The van der Waals surface area contributed by atoms with Crippen LogP contribution in [0.5, 0.6) is 5.75 Å². The van der Waals surface area contributed by atoms with Gasteiger partial charge in [0.1, 0.15) is 12.3 Å². The smallest absolute Gasteiger partial charge is 0.416 e. The topological polar surface area (TPSA) is 109 Å². The first kappa shape index (κ1) is 23.5. The summed E-state index contributed by atoms with van der Waals surface area (Å²) < 4.78 is 42.9. The number of nitrogens with one attached hydrogen (secondary N) is 4. The van der Waals surface area contributed by atoms with Gasteiger partial charge in [-0.2, -0.15) is 13.2 Å². The Balaban J connectivity index is 1.63. The molecule has 0 radical (unpaired) electrons. The molecule has 0 aliphatic carbocycles. The lowest BCUT2D eigenvalue weighted by atomic mass is 10.1. The van der Waals surface area contributed by atoms with E-state index in [1.807, 2.05) is 42.0 Å². The molecule has 0 heterocycles. The van der Waals surface area contributed by atoms with Gasteiger partial charge in [0.05, 0.1) is 5.56 Å². The molecule has 0 saturated carbocycles. The molecular formula is C20H21F3N4O4. The lowest BCUT2D eigenvalue weighted by Gasteiger charge is -2.11. The molecule has 4 amide bonds. The first-order valence-corrected chi connectivity index (χ1v) is 9.08. The number of carbonyl (C=O) groups excluding carboxylic acids is 3. The van der Waals surface area contributed by atoms with Crippen molar-refractivity contribution < 1.29 is 32.3 Å². The van der Waals surface area contributed by atoms with E-state index < -0.39 is 42.7 Å². The van der Waals surface area contributed by atoms with Gasteiger partial charge in [-0.05, 0) is 30.7 Å². The van der Waals surface area contributed by atoms with Gasteiger partial charge in [-0.15, -0.1) is 0 Å². The molecule has 0 atom stereocenters. The molecule has 166 valence electrons. The Bertz CT molecular complexity index is 917. The standard InChI is InChI=1S/C20H21F3N4O4/c1-13-5-7-14(8-6-13)10-24-19(30)25-11-17(28)26-27-18(29)12-31-16-4-2-3-15(9-16)20(21,22)23/h2-9H,10-12H2,1H3,(H,26,28)(H,27,29)(H2,24,25,30). The van der Waals surface area contributed by atoms with Crippen molar-refractivity contribution in [3.8, 4) is 5.75 Å². The molecule has 0 fully saturated rings. The lowest BCUT2D eigenvalue weighted by molar-refractivity contribution is -0.137. The highest BCUT2D eigenvalue weighted by atomic mass is 19.4. The Morgan fingerprint density at radius 1 is 0.935 bits per heavy atom. The normalized spacial score (nSPS) is 10.7. The second-order valence-electron chi connectivity index (χ2n) is 6.43. The van der Waals surface area contributed by atoms with Crippen LogP contribution in [0.1, 0.15) is 16.7 Å². The van der Waals surface area contributed by atoms with Gasteiger partial charge in [0, 0.05) is 6.54 Å². The summed E-state index contributed by atoms with van der Waals surface area (Å²) in [7, 11) is 0. The van der Waals surface area contributed by atoms with Gasteiger partial charge >= 0.3 is 12.2 Å². The van der Waals surface area contributed by atoms with Crippen molar-refractivity contribution in [2.45, 2.75) is 19.6 Å². The molecule has 31 heavy (non-hydrogen) atoms. The molecule has 0 aliphatic heterocycles. The second-order valence-corrected chi connectivity index (χ2v) is 6.43. The Morgan fingerprint density at radius 2 is 1.61 bits per heavy atom. The van der Waals surface area contributed by atoms with Crippen LogP contribution >= 0.6 is 0 Å². The van der Waals surface area contributed by atoms with E-state index in [2.05, 4.69) is 10.6 Å². The molecule has 2 rings (SSSR count). The minimum atomic E-state index is -4.53. The van der Waals surface area contributed by atoms with Crippen LogP contribution in [0.2, 0.25) is 0 Å². The maximum Gasteiger partial charge on any atom is 0.416 e. The number of rotatable bonds is 7. The molecule has 0 saturated heterocycles. The van der Waals surface area contributed by atoms with Crippen LogP contribution in [0.25, 0.3) is 0 Å². The average molecular weight is 438 g/mol. The van der Waals surface area contributed by atoms with E-state index in [1.165, 1.54) is 6.07 Å². The van der Waals surface area contributed by atoms with E-state index in [1.54, 1.807) is 0 Å². The molecule has 0 bridgehead atoms. The van der Waals surface area contributed by atoms with Gasteiger partial charge in [-0.25, -0.2) is 4.79 Å². The van der Waals surface area contributed by atoms with Gasteiger partial charge in [0.15, 0.2) is 6.61 Å². The Labute approximate surface area is 176 Å². The van der Waals surface area contributed by atoms with Gasteiger partial charge in [-0.1, -0.05) is 35.9 Å². The van der Waals surface area contributed by atoms with E-state index in [0.717, 1.165) is 29.3 Å². The highest BCUT2D eigenvalue weighted by Gasteiger charge is 2.30. The molecule has 8 nitrogen and oxygen atoms in total. The summed E-state index contributed by atoms with van der Waals surface area (Å²) in [5, 5.41) is 4.89. The fourth-order valence-corrected chi connectivity index (χ4v) is 2.24. The van der Waals surface area contributed by atoms with E-state index in [0.29, 0.717) is 0 Å². The summed E-state index contributed by atoms with van der Waals surface area (Å²) in [5.41, 5.74) is 5.14. The molecule has 0 unspecified atom stereocenters. The number of alkyl halides is 3. The number of hydrogen-bond acceptors (Lipinski definition) is 4. The van der Waals surface area contributed by atoms with E-state index in [9.17, 15) is 27.6 Å². The number of hydrazine groups is 1. The number of aryl methyl sites for hydroxylation is 1. The third-order valence-electron chi connectivity index (χ3n) is 3.86. The maximum atomic E-state index is 12.6. The van der Waals surface area contributed by atoms with E-state index in [4.69, 9.17) is 4.74 Å². The lowest BCUT2D eigenvalue weighted by Crippen LogP contribution is -2.49. The molecule has 4 N–H and O–H groups in total. The van der Waals surface area contributed by atoms with Crippen LogP contribution < -0.4 is 26.2 Å². The fraction of sp³-hybridized carbons (Fsp3) is 0.250. The molecule has 2 aromatic rings. The van der Waals surface area contributed by atoms with Gasteiger partial charge < -0.3 is 15.4 Å². The average Bonchev–Trinajstić information content (AvgIpc) is 2.74. The summed E-state index contributed by atoms with van der Waals surface area (Å²) in [6.07, 6.45) is -4.53. The van der Waals surface area contributed by atoms with Crippen molar-refractivity contribution >= 4 is 17.8 Å². The quantitative estimate of drug-likeness (QED) is 0.496. The summed E-state index contributed by atoms with van der Waals surface area (Å²) in [6.45, 7) is 1.19.